The molecule has 0 saturated heterocycles. The lowest BCUT2D eigenvalue weighted by Gasteiger charge is -2.07. The van der Waals surface area contributed by atoms with Gasteiger partial charge in [0.25, 0.3) is 0 Å². The van der Waals surface area contributed by atoms with Crippen LogP contribution in [0.15, 0.2) is 12.3 Å². The highest BCUT2D eigenvalue weighted by Crippen LogP contribution is 2.20. The summed E-state index contributed by atoms with van der Waals surface area (Å²) in [6.07, 6.45) is 2.10. The third-order valence-corrected chi connectivity index (χ3v) is 2.96. The first-order valence-electron chi connectivity index (χ1n) is 5.60. The summed E-state index contributed by atoms with van der Waals surface area (Å²) < 4.78 is 1.47. The summed E-state index contributed by atoms with van der Waals surface area (Å²) in [4.78, 5) is 12.5. The second kappa shape index (κ2) is 4.86. The van der Waals surface area contributed by atoms with Gasteiger partial charge < -0.3 is 0 Å². The molecule has 0 fully saturated rings. The molecule has 6 heteroatoms. The molecule has 0 amide bonds. The van der Waals surface area contributed by atoms with E-state index in [-0.39, 0.29) is 5.78 Å². The maximum Gasteiger partial charge on any atom is 0.214 e. The number of hydrogen-bond acceptors (Lipinski definition) is 4. The van der Waals surface area contributed by atoms with E-state index in [1.165, 1.54) is 10.9 Å². The van der Waals surface area contributed by atoms with E-state index in [9.17, 15) is 4.79 Å². The highest BCUT2D eigenvalue weighted by Gasteiger charge is 2.21. The van der Waals surface area contributed by atoms with Gasteiger partial charge in [-0.1, -0.05) is 18.5 Å². The van der Waals surface area contributed by atoms with Crippen molar-refractivity contribution < 1.29 is 4.79 Å². The van der Waals surface area contributed by atoms with E-state index >= 15 is 0 Å². The fraction of sp³-hybridized carbons (Fsp3) is 0.333. The molecule has 94 valence electrons. The monoisotopic (exact) mass is 264 g/mol. The van der Waals surface area contributed by atoms with Crippen molar-refractivity contribution in [2.45, 2.75) is 20.3 Å². The van der Waals surface area contributed by atoms with E-state index in [0.717, 1.165) is 0 Å². The number of aryl methyl sites for hydroxylation is 3. The first-order chi connectivity index (χ1) is 8.54. The second-order valence-corrected chi connectivity index (χ2v) is 4.40. The van der Waals surface area contributed by atoms with Crippen molar-refractivity contribution in [2.24, 2.45) is 7.05 Å². The number of carbonyl (C=O) groups is 1. The number of hydrogen-bond donors (Lipinski definition) is 0. The molecule has 0 bridgehead atoms. The number of nitrogens with zero attached hydrogens (tertiary/aromatic N) is 4. The summed E-state index contributed by atoms with van der Waals surface area (Å²) in [7, 11) is 1.69. The molecule has 0 aliphatic rings. The van der Waals surface area contributed by atoms with Crippen molar-refractivity contribution in [1.82, 2.24) is 20.0 Å². The fourth-order valence-electron chi connectivity index (χ4n) is 1.77. The van der Waals surface area contributed by atoms with Crippen LogP contribution in [0, 0.1) is 6.92 Å². The van der Waals surface area contributed by atoms with Crippen LogP contribution in [-0.2, 0) is 13.5 Å². The van der Waals surface area contributed by atoms with Crippen LogP contribution in [0.25, 0.3) is 0 Å². The van der Waals surface area contributed by atoms with E-state index in [0.29, 0.717) is 34.1 Å². The molecule has 2 heterocycles. The second-order valence-electron chi connectivity index (χ2n) is 3.99. The molecule has 0 atom stereocenters. The van der Waals surface area contributed by atoms with Crippen LogP contribution < -0.4 is 0 Å². The number of carbonyl (C=O) groups excluding carboxylic acids is 1. The van der Waals surface area contributed by atoms with Gasteiger partial charge in [0.15, 0.2) is 0 Å². The van der Waals surface area contributed by atoms with Gasteiger partial charge in [-0.2, -0.15) is 15.3 Å². The zero-order valence-electron chi connectivity index (χ0n) is 10.4. The lowest BCUT2D eigenvalue weighted by atomic mass is 10.0. The molecule has 2 aromatic rings. The standard InChI is InChI=1S/C12H13ClN4O/c1-4-10-8(5-7(2)15-16-10)12(18)11-9(13)6-14-17(11)3/h5-6H,4H2,1-3H3. The molecule has 2 rings (SSSR count). The van der Waals surface area contributed by atoms with Gasteiger partial charge in [-0.3, -0.25) is 9.48 Å². The molecule has 0 aromatic carbocycles. The van der Waals surface area contributed by atoms with Crippen molar-refractivity contribution in [1.29, 1.82) is 0 Å². The van der Waals surface area contributed by atoms with E-state index in [1.807, 2.05) is 6.92 Å². The predicted octanol–water partition coefficient (Wildman–Crippen LogP) is 1.97. The lowest BCUT2D eigenvalue weighted by Crippen LogP contribution is -2.13. The Bertz CT molecular complexity index is 587. The smallest absolute Gasteiger partial charge is 0.214 e. The molecule has 2 aromatic heterocycles. The van der Waals surface area contributed by atoms with Crippen LogP contribution in [0.1, 0.15) is 34.4 Å². The van der Waals surface area contributed by atoms with Gasteiger partial charge in [0.05, 0.1) is 22.6 Å². The highest BCUT2D eigenvalue weighted by atomic mass is 35.5. The fourth-order valence-corrected chi connectivity index (χ4v) is 2.02. The van der Waals surface area contributed by atoms with Gasteiger partial charge in [-0.05, 0) is 19.4 Å². The number of aromatic nitrogens is 4. The van der Waals surface area contributed by atoms with Crippen LogP contribution in [-0.4, -0.2) is 25.8 Å². The Morgan fingerprint density at radius 2 is 2.17 bits per heavy atom. The summed E-state index contributed by atoms with van der Waals surface area (Å²) in [5.74, 6) is -0.171. The van der Waals surface area contributed by atoms with Crippen molar-refractivity contribution in [3.8, 4) is 0 Å². The topological polar surface area (TPSA) is 60.7 Å². The highest BCUT2D eigenvalue weighted by molar-refractivity contribution is 6.34. The van der Waals surface area contributed by atoms with Crippen molar-refractivity contribution in [2.75, 3.05) is 0 Å². The molecule has 0 saturated carbocycles. The Hall–Kier alpha value is -1.75. The van der Waals surface area contributed by atoms with E-state index in [1.54, 1.807) is 20.0 Å². The third-order valence-electron chi connectivity index (χ3n) is 2.68. The summed E-state index contributed by atoms with van der Waals surface area (Å²) >= 11 is 5.98. The summed E-state index contributed by atoms with van der Waals surface area (Å²) in [6.45, 7) is 3.73. The maximum absolute atomic E-state index is 12.5. The molecule has 0 N–H and O–H groups in total. The number of halogens is 1. The van der Waals surface area contributed by atoms with Crippen LogP contribution in [0.4, 0.5) is 0 Å². The van der Waals surface area contributed by atoms with Gasteiger partial charge in [0.2, 0.25) is 5.78 Å². The summed E-state index contributed by atoms with van der Waals surface area (Å²) in [6, 6.07) is 1.73. The Morgan fingerprint density at radius 3 is 2.72 bits per heavy atom. The first-order valence-corrected chi connectivity index (χ1v) is 5.97. The van der Waals surface area contributed by atoms with E-state index in [2.05, 4.69) is 15.3 Å². The molecule has 0 radical (unpaired) electrons. The Morgan fingerprint density at radius 1 is 1.44 bits per heavy atom. The predicted molar refractivity (Wildman–Crippen MR) is 67.8 cm³/mol. The quantitative estimate of drug-likeness (QED) is 0.795. The lowest BCUT2D eigenvalue weighted by molar-refractivity contribution is 0.102. The summed E-state index contributed by atoms with van der Waals surface area (Å²) in [5, 5.41) is 12.3. The minimum Gasteiger partial charge on any atom is -0.287 e. The van der Waals surface area contributed by atoms with Gasteiger partial charge >= 0.3 is 0 Å². The van der Waals surface area contributed by atoms with Crippen LogP contribution in [0.5, 0.6) is 0 Å². The Labute approximate surface area is 110 Å². The summed E-state index contributed by atoms with van der Waals surface area (Å²) in [5.41, 5.74) is 2.28. The Balaban J connectivity index is 2.55. The third kappa shape index (κ3) is 2.13. The minimum absolute atomic E-state index is 0.171. The first kappa shape index (κ1) is 12.7. The van der Waals surface area contributed by atoms with Crippen LogP contribution in [0.3, 0.4) is 0 Å². The minimum atomic E-state index is -0.171. The largest absolute Gasteiger partial charge is 0.287 e. The van der Waals surface area contributed by atoms with Gasteiger partial charge in [-0.15, -0.1) is 0 Å². The van der Waals surface area contributed by atoms with Gasteiger partial charge in [0.1, 0.15) is 5.69 Å². The number of ketones is 1. The molecule has 0 unspecified atom stereocenters. The van der Waals surface area contributed by atoms with Crippen molar-refractivity contribution in [3.63, 3.8) is 0 Å². The van der Waals surface area contributed by atoms with Gasteiger partial charge in [-0.25, -0.2) is 0 Å². The van der Waals surface area contributed by atoms with E-state index < -0.39 is 0 Å². The SMILES string of the molecule is CCc1nnc(C)cc1C(=O)c1c(Cl)cnn1C. The molecule has 0 spiro atoms. The van der Waals surface area contributed by atoms with Crippen molar-refractivity contribution in [3.05, 3.63) is 39.9 Å². The molecule has 5 nitrogen and oxygen atoms in total. The molecular weight excluding hydrogens is 252 g/mol. The van der Waals surface area contributed by atoms with E-state index in [4.69, 9.17) is 11.6 Å². The van der Waals surface area contributed by atoms with Crippen LogP contribution in [0.2, 0.25) is 5.02 Å². The van der Waals surface area contributed by atoms with Crippen LogP contribution >= 0.6 is 11.6 Å². The zero-order chi connectivity index (χ0) is 13.3. The molecular formula is C12H13ClN4O. The Kier molecular flexibility index (Phi) is 3.43. The van der Waals surface area contributed by atoms with Gasteiger partial charge in [0, 0.05) is 12.6 Å². The van der Waals surface area contributed by atoms with Crippen molar-refractivity contribution >= 4 is 17.4 Å². The molecule has 18 heavy (non-hydrogen) atoms. The maximum atomic E-state index is 12.5. The molecule has 0 aliphatic carbocycles. The number of rotatable bonds is 3. The normalized spacial score (nSPS) is 10.7. The molecule has 0 aliphatic heterocycles. The average molecular weight is 265 g/mol. The zero-order valence-corrected chi connectivity index (χ0v) is 11.2. The average Bonchev–Trinajstić information content (AvgIpc) is 2.68.